The molecule has 2 N–H and O–H groups in total. The standard InChI is InChI=1S/C13H24N2O3/c1-3-11(4-2)14-13(18)15-7-5-6-10(9-15)8-12(16)17/h10-11H,3-9H2,1-2H3,(H,14,18)(H,16,17). The number of amides is 2. The lowest BCUT2D eigenvalue weighted by atomic mass is 9.95. The molecule has 1 atom stereocenters. The van der Waals surface area contributed by atoms with Crippen molar-refractivity contribution in [3.63, 3.8) is 0 Å². The lowest BCUT2D eigenvalue weighted by molar-refractivity contribution is -0.138. The summed E-state index contributed by atoms with van der Waals surface area (Å²) in [6.45, 7) is 5.41. The molecule has 0 saturated carbocycles. The van der Waals surface area contributed by atoms with Crippen LogP contribution in [0.4, 0.5) is 4.79 Å². The zero-order valence-electron chi connectivity index (χ0n) is 11.3. The van der Waals surface area contributed by atoms with Gasteiger partial charge in [0.05, 0.1) is 0 Å². The van der Waals surface area contributed by atoms with Crippen LogP contribution < -0.4 is 5.32 Å². The summed E-state index contributed by atoms with van der Waals surface area (Å²) in [4.78, 5) is 24.5. The minimum atomic E-state index is -0.776. The zero-order chi connectivity index (χ0) is 13.5. The van der Waals surface area contributed by atoms with Gasteiger partial charge in [-0.05, 0) is 31.6 Å². The zero-order valence-corrected chi connectivity index (χ0v) is 11.3. The van der Waals surface area contributed by atoms with Crippen molar-refractivity contribution in [1.29, 1.82) is 0 Å². The largest absolute Gasteiger partial charge is 0.481 e. The Labute approximate surface area is 109 Å². The molecule has 1 rings (SSSR count). The van der Waals surface area contributed by atoms with E-state index in [0.717, 1.165) is 32.2 Å². The fourth-order valence-corrected chi connectivity index (χ4v) is 2.42. The van der Waals surface area contributed by atoms with Crippen LogP contribution in [0.2, 0.25) is 0 Å². The Morgan fingerprint density at radius 1 is 1.39 bits per heavy atom. The number of rotatable bonds is 5. The normalized spacial score (nSPS) is 19.9. The number of urea groups is 1. The molecule has 1 unspecified atom stereocenters. The van der Waals surface area contributed by atoms with Crippen LogP contribution in [0.1, 0.15) is 46.0 Å². The summed E-state index contributed by atoms with van der Waals surface area (Å²) in [6.07, 6.45) is 3.81. The van der Waals surface area contributed by atoms with Crippen LogP contribution in [0.3, 0.4) is 0 Å². The molecule has 0 radical (unpaired) electrons. The molecule has 0 aromatic rings. The molecule has 1 saturated heterocycles. The molecule has 0 aliphatic carbocycles. The van der Waals surface area contributed by atoms with Crippen LogP contribution in [0, 0.1) is 5.92 Å². The van der Waals surface area contributed by atoms with E-state index in [1.165, 1.54) is 0 Å². The van der Waals surface area contributed by atoms with Crippen molar-refractivity contribution in [2.45, 2.75) is 52.0 Å². The summed E-state index contributed by atoms with van der Waals surface area (Å²) in [5.41, 5.74) is 0. The molecule has 2 amide bonds. The van der Waals surface area contributed by atoms with Crippen molar-refractivity contribution < 1.29 is 14.7 Å². The van der Waals surface area contributed by atoms with Gasteiger partial charge in [-0.2, -0.15) is 0 Å². The average molecular weight is 256 g/mol. The average Bonchev–Trinajstić information content (AvgIpc) is 2.35. The number of carbonyl (C=O) groups excluding carboxylic acids is 1. The van der Waals surface area contributed by atoms with Crippen molar-refractivity contribution in [2.75, 3.05) is 13.1 Å². The summed E-state index contributed by atoms with van der Waals surface area (Å²) >= 11 is 0. The third kappa shape index (κ3) is 4.55. The van der Waals surface area contributed by atoms with Gasteiger partial charge in [0.25, 0.3) is 0 Å². The van der Waals surface area contributed by atoms with Crippen molar-refractivity contribution in [3.8, 4) is 0 Å². The van der Waals surface area contributed by atoms with Crippen LogP contribution in [0.25, 0.3) is 0 Å². The molecule has 5 nitrogen and oxygen atoms in total. The van der Waals surface area contributed by atoms with E-state index < -0.39 is 5.97 Å². The Kier molecular flexibility index (Phi) is 5.95. The Morgan fingerprint density at radius 2 is 2.06 bits per heavy atom. The molecule has 1 aliphatic rings. The van der Waals surface area contributed by atoms with Crippen molar-refractivity contribution in [2.24, 2.45) is 5.92 Å². The van der Waals surface area contributed by atoms with E-state index in [0.29, 0.717) is 6.54 Å². The molecule has 18 heavy (non-hydrogen) atoms. The van der Waals surface area contributed by atoms with Crippen LogP contribution in [-0.4, -0.2) is 41.1 Å². The van der Waals surface area contributed by atoms with Crippen LogP contribution in [-0.2, 0) is 4.79 Å². The highest BCUT2D eigenvalue weighted by Crippen LogP contribution is 2.19. The molecule has 1 fully saturated rings. The topological polar surface area (TPSA) is 69.6 Å². The van der Waals surface area contributed by atoms with Gasteiger partial charge >= 0.3 is 12.0 Å². The van der Waals surface area contributed by atoms with Gasteiger partial charge in [0.1, 0.15) is 0 Å². The second kappa shape index (κ2) is 7.24. The number of nitrogens with one attached hydrogen (secondary N) is 1. The lowest BCUT2D eigenvalue weighted by Gasteiger charge is -2.33. The van der Waals surface area contributed by atoms with E-state index in [1.54, 1.807) is 4.90 Å². The Bertz CT molecular complexity index is 290. The minimum Gasteiger partial charge on any atom is -0.481 e. The summed E-state index contributed by atoms with van der Waals surface area (Å²) in [7, 11) is 0. The van der Waals surface area contributed by atoms with Crippen molar-refractivity contribution in [1.82, 2.24) is 10.2 Å². The van der Waals surface area contributed by atoms with Gasteiger partial charge < -0.3 is 15.3 Å². The fraction of sp³-hybridized carbons (Fsp3) is 0.846. The third-order valence-corrected chi connectivity index (χ3v) is 3.58. The highest BCUT2D eigenvalue weighted by atomic mass is 16.4. The predicted molar refractivity (Wildman–Crippen MR) is 69.5 cm³/mol. The van der Waals surface area contributed by atoms with E-state index >= 15 is 0 Å². The first-order valence-electron chi connectivity index (χ1n) is 6.84. The number of hydrogen-bond acceptors (Lipinski definition) is 2. The second-order valence-corrected chi connectivity index (χ2v) is 5.02. The summed E-state index contributed by atoms with van der Waals surface area (Å²) < 4.78 is 0. The van der Waals surface area contributed by atoms with E-state index in [4.69, 9.17) is 5.11 Å². The van der Waals surface area contributed by atoms with Gasteiger partial charge in [-0.1, -0.05) is 13.8 Å². The highest BCUT2D eigenvalue weighted by Gasteiger charge is 2.25. The van der Waals surface area contributed by atoms with E-state index in [9.17, 15) is 9.59 Å². The van der Waals surface area contributed by atoms with Gasteiger partial charge in [-0.15, -0.1) is 0 Å². The number of carboxylic acid groups (broad SMARTS) is 1. The summed E-state index contributed by atoms with van der Waals surface area (Å²) in [6, 6.07) is 0.177. The van der Waals surface area contributed by atoms with Gasteiger partial charge in [-0.25, -0.2) is 4.79 Å². The Hall–Kier alpha value is -1.26. The van der Waals surface area contributed by atoms with Gasteiger partial charge in [0.2, 0.25) is 0 Å². The SMILES string of the molecule is CCC(CC)NC(=O)N1CCCC(CC(=O)O)C1. The number of aliphatic carboxylic acids is 1. The quantitative estimate of drug-likeness (QED) is 0.791. The number of nitrogens with zero attached hydrogens (tertiary/aromatic N) is 1. The molecule has 1 aliphatic heterocycles. The fourth-order valence-electron chi connectivity index (χ4n) is 2.42. The molecule has 5 heteroatoms. The van der Waals surface area contributed by atoms with Crippen LogP contribution in [0.15, 0.2) is 0 Å². The summed E-state index contributed by atoms with van der Waals surface area (Å²) in [5.74, 6) is -0.675. The number of carboxylic acids is 1. The van der Waals surface area contributed by atoms with E-state index in [1.807, 2.05) is 0 Å². The van der Waals surface area contributed by atoms with E-state index in [2.05, 4.69) is 19.2 Å². The molecule has 0 aromatic heterocycles. The first-order valence-corrected chi connectivity index (χ1v) is 6.84. The molecule has 104 valence electrons. The minimum absolute atomic E-state index is 0.0428. The molecule has 0 spiro atoms. The Balaban J connectivity index is 2.45. The van der Waals surface area contributed by atoms with Gasteiger partial charge in [-0.3, -0.25) is 4.79 Å². The monoisotopic (exact) mass is 256 g/mol. The molecular weight excluding hydrogens is 232 g/mol. The smallest absolute Gasteiger partial charge is 0.317 e. The lowest BCUT2D eigenvalue weighted by Crippen LogP contribution is -2.48. The molecule has 1 heterocycles. The predicted octanol–water partition coefficient (Wildman–Crippen LogP) is 2.07. The molecular formula is C13H24N2O3. The second-order valence-electron chi connectivity index (χ2n) is 5.02. The van der Waals surface area contributed by atoms with Gasteiger partial charge in [0, 0.05) is 25.6 Å². The number of hydrogen-bond donors (Lipinski definition) is 2. The maximum atomic E-state index is 12.0. The molecule has 0 bridgehead atoms. The summed E-state index contributed by atoms with van der Waals surface area (Å²) in [5, 5.41) is 11.8. The Morgan fingerprint density at radius 3 is 2.61 bits per heavy atom. The van der Waals surface area contributed by atoms with Crippen LogP contribution >= 0.6 is 0 Å². The molecule has 0 aromatic carbocycles. The van der Waals surface area contributed by atoms with Crippen molar-refractivity contribution in [3.05, 3.63) is 0 Å². The highest BCUT2D eigenvalue weighted by molar-refractivity contribution is 5.74. The number of carbonyl (C=O) groups is 2. The van der Waals surface area contributed by atoms with Gasteiger partial charge in [0.15, 0.2) is 0 Å². The first-order chi connectivity index (χ1) is 8.56. The first kappa shape index (κ1) is 14.8. The third-order valence-electron chi connectivity index (χ3n) is 3.58. The maximum Gasteiger partial charge on any atom is 0.317 e. The van der Waals surface area contributed by atoms with Crippen molar-refractivity contribution >= 4 is 12.0 Å². The van der Waals surface area contributed by atoms with Crippen LogP contribution in [0.5, 0.6) is 0 Å². The van der Waals surface area contributed by atoms with E-state index in [-0.39, 0.29) is 24.4 Å². The maximum absolute atomic E-state index is 12.0. The number of likely N-dealkylation sites (tertiary alicyclic amines) is 1. The number of piperidine rings is 1.